The molecule has 0 spiro atoms. The topological polar surface area (TPSA) is 70.3 Å². The number of carbonyl (C=O) groups is 1. The highest BCUT2D eigenvalue weighted by Crippen LogP contribution is 2.28. The van der Waals surface area contributed by atoms with Crippen molar-refractivity contribution in [1.82, 2.24) is 0 Å². The van der Waals surface area contributed by atoms with Gasteiger partial charge in [0.05, 0.1) is 23.9 Å². The third-order valence-electron chi connectivity index (χ3n) is 2.12. The van der Waals surface area contributed by atoms with Crippen LogP contribution in [-0.4, -0.2) is 17.7 Å². The Morgan fingerprint density at radius 1 is 1.56 bits per heavy atom. The average Bonchev–Trinajstić information content (AvgIpc) is 2.27. The minimum absolute atomic E-state index is 0.0377. The molecule has 0 aliphatic rings. The van der Waals surface area contributed by atoms with E-state index in [0.717, 1.165) is 6.07 Å². The number of nitriles is 1. The normalized spacial score (nSPS) is 10.2. The van der Waals surface area contributed by atoms with Crippen molar-refractivity contribution >= 4 is 17.6 Å². The fourth-order valence-electron chi connectivity index (χ4n) is 1.44. The van der Waals surface area contributed by atoms with Crippen LogP contribution in [0.3, 0.4) is 0 Å². The molecular weight excluding hydrogens is 268 g/mol. The summed E-state index contributed by atoms with van der Waals surface area (Å²) < 4.78 is 28.6. The van der Waals surface area contributed by atoms with E-state index in [1.807, 2.05) is 0 Å². The largest absolute Gasteiger partial charge is 0.481 e. The van der Waals surface area contributed by atoms with Crippen molar-refractivity contribution in [2.24, 2.45) is 0 Å². The van der Waals surface area contributed by atoms with E-state index in [1.165, 1.54) is 6.07 Å². The molecule has 0 aliphatic carbocycles. The zero-order valence-corrected chi connectivity index (χ0v) is 9.75. The molecule has 0 saturated carbocycles. The molecule has 0 heterocycles. The molecule has 1 aromatic rings. The lowest BCUT2D eigenvalue weighted by Crippen LogP contribution is -2.09. The van der Waals surface area contributed by atoms with Crippen LogP contribution in [0.2, 0.25) is 0 Å². The van der Waals surface area contributed by atoms with E-state index in [1.54, 1.807) is 6.07 Å². The molecule has 1 rings (SSSR count). The average molecular weight is 276 g/mol. The number of halogens is 3. The number of hydrogen-bond donors (Lipinski definition) is 1. The number of aliphatic carboxylic acids is 1. The van der Waals surface area contributed by atoms with E-state index in [0.29, 0.717) is 0 Å². The van der Waals surface area contributed by atoms with Crippen LogP contribution in [0.4, 0.5) is 8.78 Å². The lowest BCUT2D eigenvalue weighted by Gasteiger charge is -2.13. The standard InChI is InChI=1S/C11H8ClF2NO3/c12-4-8-7(3-10(16)17)1-6(5-15)2-9(8)18-11(13)14/h1-2,11H,3-4H2,(H,16,17). The minimum Gasteiger partial charge on any atom is -0.481 e. The van der Waals surface area contributed by atoms with Crippen molar-refractivity contribution in [1.29, 1.82) is 5.26 Å². The van der Waals surface area contributed by atoms with Gasteiger partial charge in [-0.25, -0.2) is 0 Å². The lowest BCUT2D eigenvalue weighted by atomic mass is 10.0. The maximum atomic E-state index is 12.2. The van der Waals surface area contributed by atoms with Gasteiger partial charge >= 0.3 is 12.6 Å². The molecule has 1 N–H and O–H groups in total. The van der Waals surface area contributed by atoms with E-state index in [9.17, 15) is 13.6 Å². The van der Waals surface area contributed by atoms with Crippen LogP contribution in [0, 0.1) is 11.3 Å². The first kappa shape index (κ1) is 14.2. The zero-order valence-electron chi connectivity index (χ0n) is 8.99. The summed E-state index contributed by atoms with van der Waals surface area (Å²) in [6, 6.07) is 4.15. The molecule has 0 unspecified atom stereocenters. The maximum Gasteiger partial charge on any atom is 0.387 e. The molecule has 0 bridgehead atoms. The predicted molar refractivity (Wildman–Crippen MR) is 58.7 cm³/mol. The monoisotopic (exact) mass is 275 g/mol. The van der Waals surface area contributed by atoms with Gasteiger partial charge in [-0.05, 0) is 17.7 Å². The number of hydrogen-bond acceptors (Lipinski definition) is 3. The van der Waals surface area contributed by atoms with Crippen molar-refractivity contribution in [2.75, 3.05) is 0 Å². The minimum atomic E-state index is -3.07. The van der Waals surface area contributed by atoms with Gasteiger partial charge in [-0.1, -0.05) is 0 Å². The SMILES string of the molecule is N#Cc1cc(CC(=O)O)c(CCl)c(OC(F)F)c1. The van der Waals surface area contributed by atoms with Crippen LogP contribution in [0.25, 0.3) is 0 Å². The first-order valence-electron chi connectivity index (χ1n) is 4.76. The van der Waals surface area contributed by atoms with Gasteiger partial charge in [-0.3, -0.25) is 4.79 Å². The zero-order chi connectivity index (χ0) is 13.7. The molecule has 0 atom stereocenters. The van der Waals surface area contributed by atoms with Crippen LogP contribution in [0.1, 0.15) is 16.7 Å². The van der Waals surface area contributed by atoms with Crippen molar-refractivity contribution in [3.63, 3.8) is 0 Å². The van der Waals surface area contributed by atoms with Crippen molar-refractivity contribution in [3.05, 3.63) is 28.8 Å². The first-order valence-corrected chi connectivity index (χ1v) is 5.29. The van der Waals surface area contributed by atoms with Crippen LogP contribution in [-0.2, 0) is 17.1 Å². The number of rotatable bonds is 5. The summed E-state index contributed by atoms with van der Waals surface area (Å²) >= 11 is 5.60. The van der Waals surface area contributed by atoms with Crippen LogP contribution in [0.15, 0.2) is 12.1 Å². The highest BCUT2D eigenvalue weighted by Gasteiger charge is 2.16. The molecule has 18 heavy (non-hydrogen) atoms. The lowest BCUT2D eigenvalue weighted by molar-refractivity contribution is -0.136. The number of carboxylic acids is 1. The molecule has 0 aliphatic heterocycles. The number of alkyl halides is 3. The number of carboxylic acid groups (broad SMARTS) is 1. The third-order valence-corrected chi connectivity index (χ3v) is 2.39. The van der Waals surface area contributed by atoms with E-state index in [-0.39, 0.29) is 28.3 Å². The van der Waals surface area contributed by atoms with Gasteiger partial charge in [0.1, 0.15) is 5.75 Å². The maximum absolute atomic E-state index is 12.2. The molecule has 1 aromatic carbocycles. The molecule has 7 heteroatoms. The second-order valence-electron chi connectivity index (χ2n) is 3.31. The molecular formula is C11H8ClF2NO3. The summed E-state index contributed by atoms with van der Waals surface area (Å²) in [5.74, 6) is -1.61. The second-order valence-corrected chi connectivity index (χ2v) is 3.57. The van der Waals surface area contributed by atoms with E-state index in [4.69, 9.17) is 22.0 Å². The summed E-state index contributed by atoms with van der Waals surface area (Å²) in [5.41, 5.74) is 0.376. The summed E-state index contributed by atoms with van der Waals surface area (Å²) in [5, 5.41) is 17.5. The second kappa shape index (κ2) is 6.17. The van der Waals surface area contributed by atoms with E-state index < -0.39 is 19.0 Å². The summed E-state index contributed by atoms with van der Waals surface area (Å²) in [7, 11) is 0. The van der Waals surface area contributed by atoms with Gasteiger partial charge in [-0.15, -0.1) is 11.6 Å². The first-order chi connectivity index (χ1) is 8.47. The number of nitrogens with zero attached hydrogens (tertiary/aromatic N) is 1. The Hall–Kier alpha value is -1.87. The molecule has 4 nitrogen and oxygen atoms in total. The Morgan fingerprint density at radius 2 is 2.22 bits per heavy atom. The fraction of sp³-hybridized carbons (Fsp3) is 0.273. The Labute approximate surface area is 106 Å². The highest BCUT2D eigenvalue weighted by atomic mass is 35.5. The van der Waals surface area contributed by atoms with Crippen molar-refractivity contribution in [3.8, 4) is 11.8 Å². The van der Waals surface area contributed by atoms with Gasteiger partial charge in [-0.2, -0.15) is 14.0 Å². The fourth-order valence-corrected chi connectivity index (χ4v) is 1.74. The van der Waals surface area contributed by atoms with Gasteiger partial charge < -0.3 is 9.84 Å². The van der Waals surface area contributed by atoms with E-state index in [2.05, 4.69) is 4.74 Å². The van der Waals surface area contributed by atoms with Crippen LogP contribution in [0.5, 0.6) is 5.75 Å². The van der Waals surface area contributed by atoms with Crippen molar-refractivity contribution < 1.29 is 23.4 Å². The Balaban J connectivity index is 3.30. The Kier molecular flexibility index (Phi) is 4.86. The molecule has 96 valence electrons. The third kappa shape index (κ3) is 3.57. The molecule has 0 radical (unpaired) electrons. The van der Waals surface area contributed by atoms with Crippen LogP contribution < -0.4 is 4.74 Å². The number of benzene rings is 1. The van der Waals surface area contributed by atoms with Crippen molar-refractivity contribution in [2.45, 2.75) is 18.9 Å². The molecule has 0 aromatic heterocycles. The molecule has 0 fully saturated rings. The summed E-state index contributed by atoms with van der Waals surface area (Å²) in [6.45, 7) is -3.07. The van der Waals surface area contributed by atoms with Gasteiger partial charge in [0.25, 0.3) is 0 Å². The van der Waals surface area contributed by atoms with Gasteiger partial charge in [0.15, 0.2) is 0 Å². The predicted octanol–water partition coefficient (Wildman–Crippen LogP) is 2.53. The summed E-state index contributed by atoms with van der Waals surface area (Å²) in [6.07, 6.45) is -0.419. The Bertz CT molecular complexity index is 500. The van der Waals surface area contributed by atoms with E-state index >= 15 is 0 Å². The smallest absolute Gasteiger partial charge is 0.387 e. The van der Waals surface area contributed by atoms with Gasteiger partial charge in [0.2, 0.25) is 0 Å². The quantitative estimate of drug-likeness (QED) is 0.838. The summed E-state index contributed by atoms with van der Waals surface area (Å²) in [4.78, 5) is 10.7. The van der Waals surface area contributed by atoms with Gasteiger partial charge in [0, 0.05) is 5.56 Å². The molecule has 0 saturated heterocycles. The Morgan fingerprint density at radius 3 is 2.67 bits per heavy atom. The van der Waals surface area contributed by atoms with Crippen LogP contribution >= 0.6 is 11.6 Å². The number of ether oxygens (including phenoxy) is 1. The molecule has 0 amide bonds. The highest BCUT2D eigenvalue weighted by molar-refractivity contribution is 6.17.